The quantitative estimate of drug-likeness (QED) is 0.303. The third-order valence-electron chi connectivity index (χ3n) is 4.87. The van der Waals surface area contributed by atoms with E-state index < -0.39 is 42.4 Å². The van der Waals surface area contributed by atoms with Gasteiger partial charge in [-0.15, -0.1) is 0 Å². The lowest BCUT2D eigenvalue weighted by molar-refractivity contribution is -0.202. The van der Waals surface area contributed by atoms with E-state index in [0.29, 0.717) is 6.07 Å². The Kier molecular flexibility index (Phi) is 8.21. The first-order valence-corrected chi connectivity index (χ1v) is 10.6. The largest absolute Gasteiger partial charge is 0.456 e. The molecule has 0 aromatic heterocycles. The summed E-state index contributed by atoms with van der Waals surface area (Å²) in [6.07, 6.45) is -12.6. The van der Waals surface area contributed by atoms with Gasteiger partial charge in [0.1, 0.15) is 22.3 Å². The number of alkyl halides is 6. The maximum atomic E-state index is 14.7. The van der Waals surface area contributed by atoms with Gasteiger partial charge in [0.2, 0.25) is 0 Å². The predicted molar refractivity (Wildman–Crippen MR) is 116 cm³/mol. The van der Waals surface area contributed by atoms with Gasteiger partial charge in [-0.3, -0.25) is 0 Å². The Hall–Kier alpha value is -2.53. The van der Waals surface area contributed by atoms with E-state index in [0.717, 1.165) is 6.07 Å². The monoisotopic (exact) mass is 541 g/mol. The lowest BCUT2D eigenvalue weighted by Gasteiger charge is -2.24. The summed E-state index contributed by atoms with van der Waals surface area (Å²) in [6, 6.07) is 10.6. The van der Waals surface area contributed by atoms with Crippen LogP contribution >= 0.6 is 23.2 Å². The highest BCUT2D eigenvalue weighted by Gasteiger charge is 2.38. The zero-order valence-electron chi connectivity index (χ0n) is 17.4. The third-order valence-corrected chi connectivity index (χ3v) is 5.67. The van der Waals surface area contributed by atoms with Crippen LogP contribution in [0.2, 0.25) is 10.0 Å². The number of aliphatic hydroxyl groups is 1. The molecule has 2 atom stereocenters. The van der Waals surface area contributed by atoms with Crippen LogP contribution in [0.3, 0.4) is 0 Å². The fraction of sp³-hybridized carbons (Fsp3) is 0.217. The number of halogens is 9. The van der Waals surface area contributed by atoms with Crippen LogP contribution < -0.4 is 10.1 Å². The Morgan fingerprint density at radius 3 is 2.23 bits per heavy atom. The lowest BCUT2D eigenvalue weighted by atomic mass is 9.96. The van der Waals surface area contributed by atoms with Crippen molar-refractivity contribution in [3.63, 3.8) is 0 Å². The second-order valence-corrected chi connectivity index (χ2v) is 8.14. The van der Waals surface area contributed by atoms with Gasteiger partial charge in [0.05, 0.1) is 16.6 Å². The summed E-state index contributed by atoms with van der Waals surface area (Å²) < 4.78 is 97.7. The SMILES string of the molecule is OC(CNC(c1cccc(Oc2cccc(Cl)c2Cl)c1)c1ccc(C(F)(F)F)cc1F)C(F)(F)F. The van der Waals surface area contributed by atoms with Crippen LogP contribution in [-0.4, -0.2) is 23.9 Å². The molecular weight excluding hydrogens is 526 g/mol. The molecule has 12 heteroatoms. The molecule has 3 nitrogen and oxygen atoms in total. The number of ether oxygens (including phenoxy) is 1. The zero-order chi connectivity index (χ0) is 26.0. The molecule has 35 heavy (non-hydrogen) atoms. The summed E-state index contributed by atoms with van der Waals surface area (Å²) in [4.78, 5) is 0. The molecule has 0 bridgehead atoms. The minimum Gasteiger partial charge on any atom is -0.456 e. The van der Waals surface area contributed by atoms with Crippen molar-refractivity contribution < 1.29 is 40.6 Å². The lowest BCUT2D eigenvalue weighted by Crippen LogP contribution is -2.40. The molecule has 2 unspecified atom stereocenters. The molecule has 3 aromatic rings. The molecule has 0 saturated heterocycles. The fourth-order valence-corrected chi connectivity index (χ4v) is 3.47. The standard InChI is InChI=1S/C23H16Cl2F7NO2/c24-16-5-2-6-18(20(16)25)35-14-4-1-3-12(9-14)21(33-11-19(34)23(30,31)32)15-8-7-13(10-17(15)26)22(27,28)29/h1-10,19,21,33-34H,11H2. The van der Waals surface area contributed by atoms with Gasteiger partial charge in [0.15, 0.2) is 6.10 Å². The maximum absolute atomic E-state index is 14.7. The Labute approximate surface area is 205 Å². The van der Waals surface area contributed by atoms with Gasteiger partial charge in [-0.1, -0.05) is 47.5 Å². The van der Waals surface area contributed by atoms with Crippen molar-refractivity contribution in [1.29, 1.82) is 0 Å². The summed E-state index contributed by atoms with van der Waals surface area (Å²) >= 11 is 12.0. The van der Waals surface area contributed by atoms with E-state index in [-0.39, 0.29) is 38.7 Å². The minimum absolute atomic E-state index is 0.0938. The molecule has 0 aliphatic carbocycles. The van der Waals surface area contributed by atoms with Crippen LogP contribution in [0.5, 0.6) is 11.5 Å². The van der Waals surface area contributed by atoms with Crippen molar-refractivity contribution in [2.75, 3.05) is 6.54 Å². The van der Waals surface area contributed by atoms with Crippen molar-refractivity contribution in [1.82, 2.24) is 5.32 Å². The third kappa shape index (κ3) is 6.78. The second-order valence-electron chi connectivity index (χ2n) is 7.36. The van der Waals surface area contributed by atoms with Gasteiger partial charge in [0.25, 0.3) is 0 Å². The number of nitrogens with one attached hydrogen (secondary N) is 1. The van der Waals surface area contributed by atoms with Crippen LogP contribution in [0.1, 0.15) is 22.7 Å². The average molecular weight is 542 g/mol. The van der Waals surface area contributed by atoms with Crippen molar-refractivity contribution in [3.8, 4) is 11.5 Å². The Morgan fingerprint density at radius 1 is 0.914 bits per heavy atom. The number of hydrogen-bond acceptors (Lipinski definition) is 3. The van der Waals surface area contributed by atoms with Crippen molar-refractivity contribution in [2.24, 2.45) is 0 Å². The molecule has 188 valence electrons. The normalized spacial score (nSPS) is 14.0. The minimum atomic E-state index is -4.97. The van der Waals surface area contributed by atoms with E-state index in [4.69, 9.17) is 27.9 Å². The van der Waals surface area contributed by atoms with Crippen molar-refractivity contribution in [2.45, 2.75) is 24.5 Å². The van der Waals surface area contributed by atoms with E-state index in [1.54, 1.807) is 6.07 Å². The Morgan fingerprint density at radius 2 is 1.60 bits per heavy atom. The average Bonchev–Trinajstić information content (AvgIpc) is 2.77. The van der Waals surface area contributed by atoms with Crippen LogP contribution in [0.4, 0.5) is 30.7 Å². The van der Waals surface area contributed by atoms with Gasteiger partial charge in [0, 0.05) is 12.1 Å². The smallest absolute Gasteiger partial charge is 0.416 e. The summed E-state index contributed by atoms with van der Waals surface area (Å²) in [6.45, 7) is -1.06. The van der Waals surface area contributed by atoms with Crippen LogP contribution in [0.25, 0.3) is 0 Å². The summed E-state index contributed by atoms with van der Waals surface area (Å²) in [5.41, 5.74) is -1.49. The first-order valence-electron chi connectivity index (χ1n) is 9.84. The molecule has 0 fully saturated rings. The van der Waals surface area contributed by atoms with Gasteiger partial charge in [-0.25, -0.2) is 4.39 Å². The Bertz CT molecular complexity index is 1190. The summed E-state index contributed by atoms with van der Waals surface area (Å²) in [5.74, 6) is -1.00. The molecule has 3 rings (SSSR count). The highest BCUT2D eigenvalue weighted by molar-refractivity contribution is 6.42. The topological polar surface area (TPSA) is 41.5 Å². The Balaban J connectivity index is 1.99. The van der Waals surface area contributed by atoms with Crippen LogP contribution in [0.15, 0.2) is 60.7 Å². The molecule has 0 spiro atoms. The predicted octanol–water partition coefficient (Wildman–Crippen LogP) is 7.55. The van der Waals surface area contributed by atoms with Crippen molar-refractivity contribution >= 4 is 23.2 Å². The first kappa shape index (κ1) is 27.1. The van der Waals surface area contributed by atoms with E-state index in [9.17, 15) is 35.8 Å². The fourth-order valence-electron chi connectivity index (χ4n) is 3.14. The molecule has 0 aliphatic heterocycles. The zero-order valence-corrected chi connectivity index (χ0v) is 18.9. The summed E-state index contributed by atoms with van der Waals surface area (Å²) in [7, 11) is 0. The summed E-state index contributed by atoms with van der Waals surface area (Å²) in [5, 5.41) is 12.0. The molecule has 0 amide bonds. The van der Waals surface area contributed by atoms with Crippen molar-refractivity contribution in [3.05, 3.63) is 93.2 Å². The number of benzene rings is 3. The molecule has 0 aliphatic rings. The highest BCUT2D eigenvalue weighted by Crippen LogP contribution is 2.37. The van der Waals surface area contributed by atoms with Crippen LogP contribution in [-0.2, 0) is 6.18 Å². The van der Waals surface area contributed by atoms with E-state index in [1.165, 1.54) is 36.4 Å². The maximum Gasteiger partial charge on any atom is 0.416 e. The molecule has 0 saturated carbocycles. The number of aliphatic hydroxyl groups excluding tert-OH is 1. The molecule has 0 heterocycles. The molecule has 0 radical (unpaired) electrons. The van der Waals surface area contributed by atoms with Gasteiger partial charge in [-0.05, 0) is 42.0 Å². The first-order chi connectivity index (χ1) is 16.3. The number of hydrogen-bond donors (Lipinski definition) is 2. The van der Waals surface area contributed by atoms with E-state index in [1.807, 2.05) is 0 Å². The molecular formula is C23H16Cl2F7NO2. The van der Waals surface area contributed by atoms with Crippen LogP contribution in [0, 0.1) is 5.82 Å². The highest BCUT2D eigenvalue weighted by atomic mass is 35.5. The second kappa shape index (κ2) is 10.6. The van der Waals surface area contributed by atoms with E-state index >= 15 is 0 Å². The number of rotatable bonds is 7. The van der Waals surface area contributed by atoms with Gasteiger partial charge >= 0.3 is 12.4 Å². The van der Waals surface area contributed by atoms with Gasteiger partial charge < -0.3 is 15.2 Å². The van der Waals surface area contributed by atoms with Gasteiger partial charge in [-0.2, -0.15) is 26.3 Å². The molecule has 2 N–H and O–H groups in total. The van der Waals surface area contributed by atoms with E-state index in [2.05, 4.69) is 5.32 Å². The molecule has 3 aromatic carbocycles.